The van der Waals surface area contributed by atoms with Crippen molar-refractivity contribution in [3.63, 3.8) is 0 Å². The highest BCUT2D eigenvalue weighted by Crippen LogP contribution is 2.29. The second kappa shape index (κ2) is 4.64. The third kappa shape index (κ3) is 2.77. The maximum absolute atomic E-state index is 5.81. The first-order chi connectivity index (χ1) is 8.47. The van der Waals surface area contributed by atoms with Crippen molar-refractivity contribution in [2.75, 3.05) is 5.73 Å². The molecule has 2 aromatic rings. The number of nitrogens with zero attached hydrogens (tertiary/aromatic N) is 2. The number of anilines is 1. The summed E-state index contributed by atoms with van der Waals surface area (Å²) in [4.78, 5) is 8.18. The summed E-state index contributed by atoms with van der Waals surface area (Å²) in [5.41, 5.74) is 7.52. The monoisotopic (exact) mass is 243 g/mol. The van der Waals surface area contributed by atoms with Crippen LogP contribution in [0.25, 0.3) is 0 Å². The van der Waals surface area contributed by atoms with Gasteiger partial charge in [-0.1, -0.05) is 20.8 Å². The molecule has 0 saturated carbocycles. The lowest BCUT2D eigenvalue weighted by Crippen LogP contribution is -2.11. The molecule has 0 aliphatic heterocycles. The second-order valence-corrected chi connectivity index (χ2v) is 5.17. The van der Waals surface area contributed by atoms with E-state index in [1.54, 1.807) is 24.7 Å². The Bertz CT molecular complexity index is 547. The summed E-state index contributed by atoms with van der Waals surface area (Å²) in [6.45, 7) is 6.39. The molecule has 0 aromatic carbocycles. The van der Waals surface area contributed by atoms with E-state index in [2.05, 4.69) is 30.7 Å². The molecule has 0 amide bonds. The van der Waals surface area contributed by atoms with Gasteiger partial charge >= 0.3 is 0 Å². The molecule has 0 spiro atoms. The van der Waals surface area contributed by atoms with Gasteiger partial charge in [-0.25, -0.2) is 0 Å². The highest BCUT2D eigenvalue weighted by atomic mass is 16.5. The number of hydrogen-bond acceptors (Lipinski definition) is 4. The van der Waals surface area contributed by atoms with Crippen LogP contribution in [-0.2, 0) is 5.41 Å². The molecule has 0 atom stereocenters. The van der Waals surface area contributed by atoms with E-state index < -0.39 is 0 Å². The minimum Gasteiger partial charge on any atom is -0.452 e. The summed E-state index contributed by atoms with van der Waals surface area (Å²) in [6.07, 6.45) is 6.74. The van der Waals surface area contributed by atoms with Gasteiger partial charge in [0.15, 0.2) is 5.75 Å². The maximum atomic E-state index is 5.81. The van der Waals surface area contributed by atoms with Gasteiger partial charge in [-0.15, -0.1) is 0 Å². The molecular formula is C14H17N3O. The molecule has 0 unspecified atom stereocenters. The largest absolute Gasteiger partial charge is 0.452 e. The third-order valence-corrected chi connectivity index (χ3v) is 2.62. The van der Waals surface area contributed by atoms with Crippen molar-refractivity contribution in [2.24, 2.45) is 0 Å². The molecular weight excluding hydrogens is 226 g/mol. The zero-order chi connectivity index (χ0) is 13.2. The van der Waals surface area contributed by atoms with Gasteiger partial charge in [0.2, 0.25) is 0 Å². The highest BCUT2D eigenvalue weighted by Gasteiger charge is 2.15. The first-order valence-electron chi connectivity index (χ1n) is 5.80. The van der Waals surface area contributed by atoms with E-state index in [1.165, 1.54) is 0 Å². The van der Waals surface area contributed by atoms with Gasteiger partial charge in [0.25, 0.3) is 0 Å². The summed E-state index contributed by atoms with van der Waals surface area (Å²) in [5.74, 6) is 1.22. The second-order valence-electron chi connectivity index (χ2n) is 5.17. The predicted molar refractivity (Wildman–Crippen MR) is 71.7 cm³/mol. The van der Waals surface area contributed by atoms with E-state index in [-0.39, 0.29) is 5.41 Å². The Morgan fingerprint density at radius 2 is 1.89 bits per heavy atom. The van der Waals surface area contributed by atoms with Crippen LogP contribution in [0.15, 0.2) is 36.9 Å². The lowest BCUT2D eigenvalue weighted by molar-refractivity contribution is 0.475. The van der Waals surface area contributed by atoms with Gasteiger partial charge in [-0.2, -0.15) is 0 Å². The van der Waals surface area contributed by atoms with Crippen LogP contribution in [0, 0.1) is 0 Å². The van der Waals surface area contributed by atoms with Gasteiger partial charge in [0, 0.05) is 12.4 Å². The fourth-order valence-electron chi connectivity index (χ4n) is 1.49. The van der Waals surface area contributed by atoms with E-state index in [4.69, 9.17) is 10.5 Å². The Hall–Kier alpha value is -2.10. The molecule has 0 fully saturated rings. The number of nitrogens with two attached hydrogens (primary N) is 1. The van der Waals surface area contributed by atoms with E-state index in [0.717, 1.165) is 5.56 Å². The Kier molecular flexibility index (Phi) is 3.19. The van der Waals surface area contributed by atoms with E-state index >= 15 is 0 Å². The van der Waals surface area contributed by atoms with Crippen molar-refractivity contribution in [2.45, 2.75) is 26.2 Å². The Morgan fingerprint density at radius 1 is 1.11 bits per heavy atom. The first-order valence-corrected chi connectivity index (χ1v) is 5.80. The van der Waals surface area contributed by atoms with Crippen LogP contribution in [0.5, 0.6) is 11.5 Å². The van der Waals surface area contributed by atoms with Crippen molar-refractivity contribution < 1.29 is 4.74 Å². The van der Waals surface area contributed by atoms with Crippen LogP contribution >= 0.6 is 0 Å². The van der Waals surface area contributed by atoms with Crippen LogP contribution in [-0.4, -0.2) is 9.97 Å². The minimum atomic E-state index is 0.0346. The van der Waals surface area contributed by atoms with Crippen molar-refractivity contribution in [1.29, 1.82) is 0 Å². The minimum absolute atomic E-state index is 0.0346. The SMILES string of the molecule is CC(C)(C)c1cncc(Oc2cnccc2N)c1. The zero-order valence-corrected chi connectivity index (χ0v) is 10.8. The van der Waals surface area contributed by atoms with Gasteiger partial charge < -0.3 is 10.5 Å². The number of hydrogen-bond donors (Lipinski definition) is 1. The molecule has 18 heavy (non-hydrogen) atoms. The number of rotatable bonds is 2. The van der Waals surface area contributed by atoms with E-state index in [1.807, 2.05) is 12.3 Å². The van der Waals surface area contributed by atoms with E-state index in [0.29, 0.717) is 17.2 Å². The fourth-order valence-corrected chi connectivity index (χ4v) is 1.49. The fraction of sp³-hybridized carbons (Fsp3) is 0.286. The van der Waals surface area contributed by atoms with Gasteiger partial charge in [-0.05, 0) is 23.1 Å². The molecule has 2 aromatic heterocycles. The van der Waals surface area contributed by atoms with Crippen molar-refractivity contribution in [3.05, 3.63) is 42.5 Å². The number of pyridine rings is 2. The van der Waals surface area contributed by atoms with Crippen molar-refractivity contribution in [1.82, 2.24) is 9.97 Å². The predicted octanol–water partition coefficient (Wildman–Crippen LogP) is 3.15. The zero-order valence-electron chi connectivity index (χ0n) is 10.8. The molecule has 2 heterocycles. The molecule has 4 nitrogen and oxygen atoms in total. The van der Waals surface area contributed by atoms with Crippen LogP contribution < -0.4 is 10.5 Å². The van der Waals surface area contributed by atoms with E-state index in [9.17, 15) is 0 Å². The van der Waals surface area contributed by atoms with Gasteiger partial charge in [0.05, 0.1) is 18.1 Å². The Balaban J connectivity index is 2.28. The Labute approximate surface area is 107 Å². The molecule has 2 rings (SSSR count). The average Bonchev–Trinajstić information content (AvgIpc) is 2.31. The number of ether oxygens (including phenoxy) is 1. The van der Waals surface area contributed by atoms with Crippen LogP contribution in [0.3, 0.4) is 0 Å². The molecule has 0 radical (unpaired) electrons. The molecule has 0 saturated heterocycles. The van der Waals surface area contributed by atoms with Crippen LogP contribution in [0.2, 0.25) is 0 Å². The molecule has 2 N–H and O–H groups in total. The topological polar surface area (TPSA) is 61.0 Å². The summed E-state index contributed by atoms with van der Waals surface area (Å²) < 4.78 is 5.69. The standard InChI is InChI=1S/C14H17N3O/c1-14(2,3)10-6-11(8-17-7-10)18-13-9-16-5-4-12(13)15/h4-9H,1-3H3,(H2,15,16). The number of nitrogen functional groups attached to an aromatic ring is 1. The normalized spacial score (nSPS) is 11.3. The highest BCUT2D eigenvalue weighted by molar-refractivity contribution is 5.51. The van der Waals surface area contributed by atoms with Crippen LogP contribution in [0.1, 0.15) is 26.3 Å². The quantitative estimate of drug-likeness (QED) is 0.880. The number of aromatic nitrogens is 2. The molecule has 0 aliphatic rings. The lowest BCUT2D eigenvalue weighted by atomic mass is 9.88. The third-order valence-electron chi connectivity index (χ3n) is 2.62. The van der Waals surface area contributed by atoms with Crippen molar-refractivity contribution in [3.8, 4) is 11.5 Å². The summed E-state index contributed by atoms with van der Waals surface area (Å²) in [6, 6.07) is 3.68. The Morgan fingerprint density at radius 3 is 2.56 bits per heavy atom. The first kappa shape index (κ1) is 12.4. The van der Waals surface area contributed by atoms with Gasteiger partial charge in [0.1, 0.15) is 5.75 Å². The summed E-state index contributed by atoms with van der Waals surface area (Å²) in [5, 5.41) is 0. The van der Waals surface area contributed by atoms with Gasteiger partial charge in [-0.3, -0.25) is 9.97 Å². The van der Waals surface area contributed by atoms with Crippen LogP contribution in [0.4, 0.5) is 5.69 Å². The maximum Gasteiger partial charge on any atom is 0.168 e. The van der Waals surface area contributed by atoms with Crippen molar-refractivity contribution >= 4 is 5.69 Å². The molecule has 0 bridgehead atoms. The summed E-state index contributed by atoms with van der Waals surface area (Å²) in [7, 11) is 0. The lowest BCUT2D eigenvalue weighted by Gasteiger charge is -2.19. The molecule has 94 valence electrons. The molecule has 0 aliphatic carbocycles. The summed E-state index contributed by atoms with van der Waals surface area (Å²) >= 11 is 0. The molecule has 4 heteroatoms. The average molecular weight is 243 g/mol. The smallest absolute Gasteiger partial charge is 0.168 e.